The van der Waals surface area contributed by atoms with Crippen LogP contribution in [-0.4, -0.2) is 25.0 Å². The quantitative estimate of drug-likeness (QED) is 0.826. The van der Waals surface area contributed by atoms with Crippen molar-refractivity contribution in [2.24, 2.45) is 0 Å². The van der Waals surface area contributed by atoms with Gasteiger partial charge in [-0.1, -0.05) is 37.8 Å². The highest BCUT2D eigenvalue weighted by molar-refractivity contribution is 5.25. The summed E-state index contributed by atoms with van der Waals surface area (Å²) >= 11 is 0. The zero-order valence-electron chi connectivity index (χ0n) is 12.8. The molecule has 0 amide bonds. The van der Waals surface area contributed by atoms with Crippen LogP contribution in [0.3, 0.4) is 0 Å². The van der Waals surface area contributed by atoms with Gasteiger partial charge in [0.15, 0.2) is 0 Å². The summed E-state index contributed by atoms with van der Waals surface area (Å²) in [4.78, 5) is 2.34. The smallest absolute Gasteiger partial charge is 0.127 e. The summed E-state index contributed by atoms with van der Waals surface area (Å²) in [5.41, 5.74) is 1.97. The van der Waals surface area contributed by atoms with Crippen LogP contribution in [0.4, 0.5) is 4.39 Å². The van der Waals surface area contributed by atoms with E-state index in [1.807, 2.05) is 19.2 Å². The molecule has 0 aliphatic heterocycles. The van der Waals surface area contributed by atoms with Crippen LogP contribution in [0, 0.1) is 5.82 Å². The van der Waals surface area contributed by atoms with Gasteiger partial charge in [0.1, 0.15) is 5.82 Å². The van der Waals surface area contributed by atoms with E-state index < -0.39 is 0 Å². The number of nitrogens with one attached hydrogen (secondary N) is 1. The minimum Gasteiger partial charge on any atom is -0.316 e. The van der Waals surface area contributed by atoms with Crippen molar-refractivity contribution in [2.75, 3.05) is 14.1 Å². The van der Waals surface area contributed by atoms with Gasteiger partial charge < -0.3 is 5.32 Å². The van der Waals surface area contributed by atoms with E-state index in [4.69, 9.17) is 0 Å². The number of rotatable bonds is 5. The Hall–Kier alpha value is -0.930. The van der Waals surface area contributed by atoms with Crippen molar-refractivity contribution in [1.82, 2.24) is 10.2 Å². The third-order valence-corrected chi connectivity index (χ3v) is 4.36. The molecule has 0 aromatic heterocycles. The fourth-order valence-electron chi connectivity index (χ4n) is 3.16. The Labute approximate surface area is 122 Å². The third-order valence-electron chi connectivity index (χ3n) is 4.36. The first-order valence-electron chi connectivity index (χ1n) is 7.83. The predicted molar refractivity (Wildman–Crippen MR) is 82.1 cm³/mol. The van der Waals surface area contributed by atoms with E-state index in [9.17, 15) is 4.39 Å². The van der Waals surface area contributed by atoms with Crippen LogP contribution in [0.15, 0.2) is 18.2 Å². The highest BCUT2D eigenvalue weighted by Gasteiger charge is 2.18. The second-order valence-corrected chi connectivity index (χ2v) is 6.02. The Morgan fingerprint density at radius 2 is 1.90 bits per heavy atom. The van der Waals surface area contributed by atoms with Crippen LogP contribution < -0.4 is 5.32 Å². The minimum absolute atomic E-state index is 0.0784. The van der Waals surface area contributed by atoms with Gasteiger partial charge in [0.05, 0.1) is 0 Å². The number of hydrogen-bond donors (Lipinski definition) is 1. The van der Waals surface area contributed by atoms with Crippen LogP contribution in [-0.2, 0) is 13.1 Å². The summed E-state index contributed by atoms with van der Waals surface area (Å²) in [6, 6.07) is 6.08. The Morgan fingerprint density at radius 1 is 1.20 bits per heavy atom. The van der Waals surface area contributed by atoms with Gasteiger partial charge in [-0.3, -0.25) is 4.90 Å². The van der Waals surface area contributed by atoms with E-state index >= 15 is 0 Å². The fourth-order valence-corrected chi connectivity index (χ4v) is 3.16. The molecule has 112 valence electrons. The second kappa shape index (κ2) is 7.75. The molecule has 0 unspecified atom stereocenters. The molecule has 1 fully saturated rings. The van der Waals surface area contributed by atoms with Crippen molar-refractivity contribution in [2.45, 2.75) is 57.7 Å². The molecule has 1 N–H and O–H groups in total. The lowest BCUT2D eigenvalue weighted by Crippen LogP contribution is -2.31. The molecule has 0 atom stereocenters. The molecule has 20 heavy (non-hydrogen) atoms. The lowest BCUT2D eigenvalue weighted by Gasteiger charge is -2.27. The van der Waals surface area contributed by atoms with Crippen molar-refractivity contribution < 1.29 is 4.39 Å². The van der Waals surface area contributed by atoms with Gasteiger partial charge in [-0.25, -0.2) is 4.39 Å². The molecule has 2 rings (SSSR count). The largest absolute Gasteiger partial charge is 0.316 e. The second-order valence-electron chi connectivity index (χ2n) is 6.02. The maximum Gasteiger partial charge on any atom is 0.127 e. The Balaban J connectivity index is 2.02. The Kier molecular flexibility index (Phi) is 5.99. The van der Waals surface area contributed by atoms with Gasteiger partial charge in [-0.15, -0.1) is 0 Å². The maximum absolute atomic E-state index is 14.0. The van der Waals surface area contributed by atoms with Crippen molar-refractivity contribution >= 4 is 0 Å². The molecule has 2 nitrogen and oxygen atoms in total. The monoisotopic (exact) mass is 278 g/mol. The molecule has 1 aliphatic carbocycles. The molecule has 1 aliphatic rings. The molecule has 0 bridgehead atoms. The Morgan fingerprint density at radius 3 is 2.55 bits per heavy atom. The van der Waals surface area contributed by atoms with Crippen molar-refractivity contribution in [1.29, 1.82) is 0 Å². The van der Waals surface area contributed by atoms with Crippen LogP contribution in [0.5, 0.6) is 0 Å². The topological polar surface area (TPSA) is 15.3 Å². The van der Waals surface area contributed by atoms with E-state index in [-0.39, 0.29) is 5.82 Å². The lowest BCUT2D eigenvalue weighted by molar-refractivity contribution is 0.210. The van der Waals surface area contributed by atoms with Crippen molar-refractivity contribution in [3.05, 3.63) is 35.1 Å². The lowest BCUT2D eigenvalue weighted by atomic mass is 10.1. The first kappa shape index (κ1) is 15.5. The summed E-state index contributed by atoms with van der Waals surface area (Å²) in [5.74, 6) is -0.0784. The Bertz CT molecular complexity index is 411. The van der Waals surface area contributed by atoms with Gasteiger partial charge in [0.2, 0.25) is 0 Å². The van der Waals surface area contributed by atoms with Crippen LogP contribution in [0.2, 0.25) is 0 Å². The average Bonchev–Trinajstić information content (AvgIpc) is 2.72. The third kappa shape index (κ3) is 4.29. The summed E-state index contributed by atoms with van der Waals surface area (Å²) < 4.78 is 14.0. The average molecular weight is 278 g/mol. The van der Waals surface area contributed by atoms with Crippen molar-refractivity contribution in [3.63, 3.8) is 0 Å². The first-order valence-corrected chi connectivity index (χ1v) is 7.83. The number of hydrogen-bond acceptors (Lipinski definition) is 2. The maximum atomic E-state index is 14.0. The van der Waals surface area contributed by atoms with Crippen molar-refractivity contribution in [3.8, 4) is 0 Å². The minimum atomic E-state index is -0.0784. The molecule has 0 heterocycles. The van der Waals surface area contributed by atoms with Crippen LogP contribution >= 0.6 is 0 Å². The normalized spacial score (nSPS) is 17.4. The molecule has 1 aromatic rings. The van der Waals surface area contributed by atoms with Crippen LogP contribution in [0.25, 0.3) is 0 Å². The zero-order valence-corrected chi connectivity index (χ0v) is 12.8. The summed E-state index contributed by atoms with van der Waals surface area (Å²) in [6.07, 6.45) is 7.87. The molecule has 0 saturated heterocycles. The van der Waals surface area contributed by atoms with E-state index in [0.717, 1.165) is 17.7 Å². The van der Waals surface area contributed by atoms with E-state index in [0.29, 0.717) is 12.6 Å². The van der Waals surface area contributed by atoms with Gasteiger partial charge in [-0.2, -0.15) is 0 Å². The zero-order chi connectivity index (χ0) is 14.4. The van der Waals surface area contributed by atoms with Gasteiger partial charge in [0.25, 0.3) is 0 Å². The number of halogens is 1. The first-order chi connectivity index (χ1) is 9.70. The number of nitrogens with zero attached hydrogens (tertiary/aromatic N) is 1. The molecule has 0 spiro atoms. The van der Waals surface area contributed by atoms with Crippen LogP contribution in [0.1, 0.15) is 49.7 Å². The van der Waals surface area contributed by atoms with E-state index in [1.54, 1.807) is 6.07 Å². The number of benzene rings is 1. The highest BCUT2D eigenvalue weighted by Crippen LogP contribution is 2.23. The highest BCUT2D eigenvalue weighted by atomic mass is 19.1. The molecule has 3 heteroatoms. The van der Waals surface area contributed by atoms with Gasteiger partial charge >= 0.3 is 0 Å². The molecular weight excluding hydrogens is 251 g/mol. The fraction of sp³-hybridized carbons (Fsp3) is 0.647. The van der Waals surface area contributed by atoms with Gasteiger partial charge in [0, 0.05) is 24.7 Å². The summed E-state index contributed by atoms with van der Waals surface area (Å²) in [7, 11) is 4.06. The van der Waals surface area contributed by atoms with E-state index in [1.165, 1.54) is 38.5 Å². The SMILES string of the molecule is CNCc1ccc(F)c(CN(C)C2CCCCCC2)c1. The molecule has 0 radical (unpaired) electrons. The molecule has 1 aromatic carbocycles. The summed E-state index contributed by atoms with van der Waals surface area (Å²) in [5, 5.41) is 3.12. The predicted octanol–water partition coefficient (Wildman–Crippen LogP) is 3.70. The molecule has 1 saturated carbocycles. The summed E-state index contributed by atoms with van der Waals surface area (Å²) in [6.45, 7) is 1.51. The standard InChI is InChI=1S/C17H27FN2/c1-19-12-14-9-10-17(18)15(11-14)13-20(2)16-7-5-3-4-6-8-16/h9-11,16,19H,3-8,12-13H2,1-2H3. The molecular formula is C17H27FN2. The van der Waals surface area contributed by atoms with E-state index in [2.05, 4.69) is 17.3 Å². The van der Waals surface area contributed by atoms with Gasteiger partial charge in [-0.05, 0) is 38.6 Å².